The van der Waals surface area contributed by atoms with Gasteiger partial charge in [0.05, 0.1) is 24.0 Å². The largest absolute Gasteiger partial charge is 0.496 e. The van der Waals surface area contributed by atoms with Crippen molar-refractivity contribution in [1.29, 1.82) is 0 Å². The van der Waals surface area contributed by atoms with Crippen LogP contribution in [0.1, 0.15) is 12.0 Å². The third kappa shape index (κ3) is 2.98. The Morgan fingerprint density at radius 3 is 2.70 bits per heavy atom. The summed E-state index contributed by atoms with van der Waals surface area (Å²) in [4.78, 5) is 11.6. The van der Waals surface area contributed by atoms with Gasteiger partial charge in [0.1, 0.15) is 5.75 Å². The SMILES string of the molecule is COc1ccc(Br)cc1CC1(C(=O)O)CCS(=O)(=O)C1. The number of rotatable bonds is 4. The number of hydrogen-bond acceptors (Lipinski definition) is 4. The predicted octanol–water partition coefficient (Wildman–Crippen LogP) is 1.89. The lowest BCUT2D eigenvalue weighted by atomic mass is 9.81. The Morgan fingerprint density at radius 1 is 1.50 bits per heavy atom. The number of aliphatic carboxylic acids is 1. The van der Waals surface area contributed by atoms with E-state index in [2.05, 4.69) is 15.9 Å². The first-order chi connectivity index (χ1) is 9.28. The lowest BCUT2D eigenvalue weighted by Crippen LogP contribution is -2.34. The first-order valence-corrected chi connectivity index (χ1v) is 8.66. The summed E-state index contributed by atoms with van der Waals surface area (Å²) in [6.07, 6.45) is 0.282. The molecule has 20 heavy (non-hydrogen) atoms. The van der Waals surface area contributed by atoms with Crippen LogP contribution in [0.2, 0.25) is 0 Å². The van der Waals surface area contributed by atoms with E-state index in [9.17, 15) is 18.3 Å². The van der Waals surface area contributed by atoms with E-state index in [0.717, 1.165) is 4.47 Å². The molecule has 1 fully saturated rings. The summed E-state index contributed by atoms with van der Waals surface area (Å²) < 4.78 is 29.3. The van der Waals surface area contributed by atoms with Crippen LogP contribution < -0.4 is 4.74 Å². The van der Waals surface area contributed by atoms with Gasteiger partial charge in [-0.25, -0.2) is 8.42 Å². The van der Waals surface area contributed by atoms with Gasteiger partial charge in [-0.05, 0) is 36.6 Å². The highest BCUT2D eigenvalue weighted by Gasteiger charge is 2.48. The Bertz CT molecular complexity index is 640. The molecule has 7 heteroatoms. The quantitative estimate of drug-likeness (QED) is 0.884. The van der Waals surface area contributed by atoms with E-state index >= 15 is 0 Å². The summed E-state index contributed by atoms with van der Waals surface area (Å²) >= 11 is 3.33. The van der Waals surface area contributed by atoms with Crippen LogP contribution in [0.25, 0.3) is 0 Å². The van der Waals surface area contributed by atoms with Crippen molar-refractivity contribution in [3.8, 4) is 5.75 Å². The Balaban J connectivity index is 2.40. The van der Waals surface area contributed by atoms with Gasteiger partial charge in [-0.15, -0.1) is 0 Å². The standard InChI is InChI=1S/C13H15BrO5S/c1-19-11-3-2-10(14)6-9(11)7-13(12(15)16)4-5-20(17,18)8-13/h2-3,6H,4-5,7-8H2,1H3,(H,15,16). The molecule has 0 radical (unpaired) electrons. The fraction of sp³-hybridized carbons (Fsp3) is 0.462. The molecule has 1 aromatic carbocycles. The van der Waals surface area contributed by atoms with Crippen molar-refractivity contribution < 1.29 is 23.1 Å². The summed E-state index contributed by atoms with van der Waals surface area (Å²) in [5.74, 6) is -0.889. The van der Waals surface area contributed by atoms with E-state index in [1.54, 1.807) is 18.2 Å². The third-order valence-corrected chi connectivity index (χ3v) is 5.92. The first kappa shape index (κ1) is 15.3. The van der Waals surface area contributed by atoms with E-state index in [4.69, 9.17) is 4.74 Å². The van der Waals surface area contributed by atoms with Crippen LogP contribution >= 0.6 is 15.9 Å². The average Bonchev–Trinajstić information content (AvgIpc) is 2.66. The molecule has 1 unspecified atom stereocenters. The summed E-state index contributed by atoms with van der Waals surface area (Å²) in [7, 11) is -1.78. The number of hydrogen-bond donors (Lipinski definition) is 1. The molecule has 1 atom stereocenters. The zero-order valence-corrected chi connectivity index (χ0v) is 13.3. The van der Waals surface area contributed by atoms with Crippen LogP contribution in [-0.4, -0.2) is 38.1 Å². The zero-order chi connectivity index (χ0) is 15.0. The lowest BCUT2D eigenvalue weighted by molar-refractivity contribution is -0.147. The Morgan fingerprint density at radius 2 is 2.20 bits per heavy atom. The predicted molar refractivity (Wildman–Crippen MR) is 77.7 cm³/mol. The number of benzene rings is 1. The smallest absolute Gasteiger partial charge is 0.311 e. The van der Waals surface area contributed by atoms with E-state index < -0.39 is 21.2 Å². The van der Waals surface area contributed by atoms with Crippen LogP contribution in [0.5, 0.6) is 5.75 Å². The highest BCUT2D eigenvalue weighted by molar-refractivity contribution is 9.10. The highest BCUT2D eigenvalue weighted by Crippen LogP contribution is 2.38. The molecule has 1 heterocycles. The minimum Gasteiger partial charge on any atom is -0.496 e. The maximum atomic E-state index is 11.7. The van der Waals surface area contributed by atoms with Crippen molar-refractivity contribution in [2.75, 3.05) is 18.6 Å². The molecule has 0 saturated carbocycles. The number of ether oxygens (including phenoxy) is 1. The van der Waals surface area contributed by atoms with Crippen LogP contribution in [-0.2, 0) is 21.1 Å². The molecule has 0 aromatic heterocycles. The molecule has 2 rings (SSSR count). The third-order valence-electron chi connectivity index (χ3n) is 3.61. The first-order valence-electron chi connectivity index (χ1n) is 6.04. The molecule has 1 N–H and O–H groups in total. The molecule has 0 bridgehead atoms. The molecular weight excluding hydrogens is 348 g/mol. The van der Waals surface area contributed by atoms with Crippen LogP contribution in [0, 0.1) is 5.41 Å². The Kier molecular flexibility index (Phi) is 4.11. The Hall–Kier alpha value is -1.08. The summed E-state index contributed by atoms with van der Waals surface area (Å²) in [5.41, 5.74) is -0.561. The van der Waals surface area contributed by atoms with Gasteiger partial charge in [-0.1, -0.05) is 15.9 Å². The number of sulfone groups is 1. The van der Waals surface area contributed by atoms with Gasteiger partial charge in [0.15, 0.2) is 9.84 Å². The molecule has 0 amide bonds. The van der Waals surface area contributed by atoms with E-state index in [1.165, 1.54) is 7.11 Å². The van der Waals surface area contributed by atoms with Crippen molar-refractivity contribution >= 4 is 31.7 Å². The summed E-state index contributed by atoms with van der Waals surface area (Å²) in [6.45, 7) is 0. The second-order valence-corrected chi connectivity index (χ2v) is 8.16. The normalized spacial score (nSPS) is 24.5. The molecule has 110 valence electrons. The van der Waals surface area contributed by atoms with Crippen LogP contribution in [0.15, 0.2) is 22.7 Å². The molecule has 1 aromatic rings. The number of carboxylic acids is 1. The van der Waals surface area contributed by atoms with Gasteiger partial charge in [-0.3, -0.25) is 4.79 Å². The Labute approximate surface area is 126 Å². The maximum Gasteiger partial charge on any atom is 0.311 e. The number of methoxy groups -OCH3 is 1. The minimum absolute atomic E-state index is 0.0738. The maximum absolute atomic E-state index is 11.7. The number of carboxylic acid groups (broad SMARTS) is 1. The molecular formula is C13H15BrO5S. The molecule has 0 spiro atoms. The van der Waals surface area contributed by atoms with Gasteiger partial charge in [0.25, 0.3) is 0 Å². The van der Waals surface area contributed by atoms with Crippen molar-refractivity contribution in [2.45, 2.75) is 12.8 Å². The van der Waals surface area contributed by atoms with Gasteiger partial charge in [0.2, 0.25) is 0 Å². The second-order valence-electron chi connectivity index (χ2n) is 5.06. The lowest BCUT2D eigenvalue weighted by Gasteiger charge is -2.23. The number of halogens is 1. The molecule has 5 nitrogen and oxygen atoms in total. The topological polar surface area (TPSA) is 80.7 Å². The van der Waals surface area contributed by atoms with Gasteiger partial charge < -0.3 is 9.84 Å². The summed E-state index contributed by atoms with van der Waals surface area (Å²) in [6, 6.07) is 5.30. The van der Waals surface area contributed by atoms with E-state index in [1.807, 2.05) is 0 Å². The fourth-order valence-corrected chi connectivity index (χ4v) is 5.02. The van der Waals surface area contributed by atoms with Gasteiger partial charge in [-0.2, -0.15) is 0 Å². The summed E-state index contributed by atoms with van der Waals surface area (Å²) in [5, 5.41) is 9.47. The minimum atomic E-state index is -3.28. The van der Waals surface area contributed by atoms with Crippen LogP contribution in [0.4, 0.5) is 0 Å². The van der Waals surface area contributed by atoms with Crippen molar-refractivity contribution in [3.63, 3.8) is 0 Å². The van der Waals surface area contributed by atoms with Crippen molar-refractivity contribution in [2.24, 2.45) is 5.41 Å². The number of carbonyl (C=O) groups is 1. The molecule has 0 aliphatic carbocycles. The zero-order valence-electron chi connectivity index (χ0n) is 10.9. The van der Waals surface area contributed by atoms with Crippen molar-refractivity contribution in [3.05, 3.63) is 28.2 Å². The fourth-order valence-electron chi connectivity index (χ4n) is 2.55. The van der Waals surface area contributed by atoms with E-state index in [-0.39, 0.29) is 24.3 Å². The van der Waals surface area contributed by atoms with E-state index in [0.29, 0.717) is 11.3 Å². The second kappa shape index (κ2) is 5.37. The van der Waals surface area contributed by atoms with Crippen LogP contribution in [0.3, 0.4) is 0 Å². The molecule has 1 aliphatic heterocycles. The van der Waals surface area contributed by atoms with Gasteiger partial charge in [0, 0.05) is 4.47 Å². The van der Waals surface area contributed by atoms with Crippen molar-refractivity contribution in [1.82, 2.24) is 0 Å². The monoisotopic (exact) mass is 362 g/mol. The van der Waals surface area contributed by atoms with Gasteiger partial charge >= 0.3 is 5.97 Å². The molecule has 1 aliphatic rings. The highest BCUT2D eigenvalue weighted by atomic mass is 79.9. The average molecular weight is 363 g/mol. The molecule has 1 saturated heterocycles.